The second kappa shape index (κ2) is 6.91. The molecule has 0 radical (unpaired) electrons. The van der Waals surface area contributed by atoms with Crippen LogP contribution in [-0.2, 0) is 6.54 Å². The van der Waals surface area contributed by atoms with E-state index in [1.54, 1.807) is 10.8 Å². The Kier molecular flexibility index (Phi) is 4.68. The minimum absolute atomic E-state index is 0.0272. The maximum Gasteiger partial charge on any atom is 0.204 e. The van der Waals surface area contributed by atoms with Gasteiger partial charge >= 0.3 is 0 Å². The zero-order valence-electron chi connectivity index (χ0n) is 14.3. The van der Waals surface area contributed by atoms with Crippen LogP contribution in [0.4, 0.5) is 0 Å². The molecule has 2 unspecified atom stereocenters. The van der Waals surface area contributed by atoms with Crippen molar-refractivity contribution in [3.63, 3.8) is 0 Å². The van der Waals surface area contributed by atoms with Crippen LogP contribution in [0.5, 0.6) is 0 Å². The van der Waals surface area contributed by atoms with Gasteiger partial charge in [0.1, 0.15) is 0 Å². The molecule has 25 heavy (non-hydrogen) atoms. The molecule has 0 saturated heterocycles. The van der Waals surface area contributed by atoms with Crippen LogP contribution in [0.15, 0.2) is 42.6 Å². The SMILES string of the molecule is Cc1ccc(C(C)n2c(=N)n(CC(O)CC#N)c3ncccc32)cc1. The first-order valence-corrected chi connectivity index (χ1v) is 8.25. The zero-order chi connectivity index (χ0) is 18.0. The molecule has 0 saturated carbocycles. The Hall–Kier alpha value is -2.91. The molecule has 6 heteroatoms. The summed E-state index contributed by atoms with van der Waals surface area (Å²) in [7, 11) is 0. The lowest BCUT2D eigenvalue weighted by Gasteiger charge is -2.15. The van der Waals surface area contributed by atoms with E-state index < -0.39 is 6.10 Å². The molecular formula is C19H21N5O. The van der Waals surface area contributed by atoms with E-state index in [4.69, 9.17) is 10.7 Å². The molecule has 1 aromatic carbocycles. The van der Waals surface area contributed by atoms with E-state index in [1.165, 1.54) is 5.56 Å². The highest BCUT2D eigenvalue weighted by Crippen LogP contribution is 2.22. The van der Waals surface area contributed by atoms with Gasteiger partial charge < -0.3 is 9.67 Å². The maximum absolute atomic E-state index is 10.0. The molecule has 2 heterocycles. The number of benzene rings is 1. The van der Waals surface area contributed by atoms with Gasteiger partial charge in [-0.05, 0) is 31.5 Å². The molecule has 0 aliphatic carbocycles. The number of pyridine rings is 1. The standard InChI is InChI=1S/C19H21N5O/c1-13-5-7-15(8-6-13)14(2)24-17-4-3-11-22-18(17)23(19(24)21)12-16(25)9-10-20/h3-8,11,14,16,21,25H,9,12H2,1-2H3. The Labute approximate surface area is 146 Å². The molecular weight excluding hydrogens is 314 g/mol. The zero-order valence-corrected chi connectivity index (χ0v) is 14.3. The van der Waals surface area contributed by atoms with Crippen LogP contribution in [0, 0.1) is 23.7 Å². The van der Waals surface area contributed by atoms with Crippen molar-refractivity contribution >= 4 is 11.2 Å². The van der Waals surface area contributed by atoms with Crippen molar-refractivity contribution < 1.29 is 5.11 Å². The van der Waals surface area contributed by atoms with Gasteiger partial charge in [-0.25, -0.2) is 4.98 Å². The number of aromatic nitrogens is 3. The summed E-state index contributed by atoms with van der Waals surface area (Å²) >= 11 is 0. The van der Waals surface area contributed by atoms with Crippen molar-refractivity contribution in [1.29, 1.82) is 10.7 Å². The number of rotatable bonds is 5. The van der Waals surface area contributed by atoms with Crippen LogP contribution in [0.2, 0.25) is 0 Å². The lowest BCUT2D eigenvalue weighted by Crippen LogP contribution is -2.30. The predicted molar refractivity (Wildman–Crippen MR) is 94.8 cm³/mol. The number of nitrogens with zero attached hydrogens (tertiary/aromatic N) is 4. The fourth-order valence-corrected chi connectivity index (χ4v) is 3.07. The van der Waals surface area contributed by atoms with E-state index in [1.807, 2.05) is 36.6 Å². The summed E-state index contributed by atoms with van der Waals surface area (Å²) in [4.78, 5) is 4.39. The number of fused-ring (bicyclic) bond motifs is 1. The van der Waals surface area contributed by atoms with Gasteiger partial charge in [0.25, 0.3) is 0 Å². The first-order chi connectivity index (χ1) is 12.0. The van der Waals surface area contributed by atoms with Gasteiger partial charge in [-0.15, -0.1) is 0 Å². The molecule has 0 aliphatic rings. The molecule has 128 valence electrons. The van der Waals surface area contributed by atoms with Crippen molar-refractivity contribution in [3.8, 4) is 6.07 Å². The van der Waals surface area contributed by atoms with Gasteiger partial charge in [0.05, 0.1) is 36.7 Å². The second-order valence-electron chi connectivity index (χ2n) is 6.25. The van der Waals surface area contributed by atoms with Crippen molar-refractivity contribution in [2.75, 3.05) is 0 Å². The summed E-state index contributed by atoms with van der Waals surface area (Å²) in [6.07, 6.45) is 0.879. The minimum Gasteiger partial charge on any atom is -0.390 e. The van der Waals surface area contributed by atoms with Gasteiger partial charge in [-0.2, -0.15) is 5.26 Å². The van der Waals surface area contributed by atoms with E-state index >= 15 is 0 Å². The Morgan fingerprint density at radius 2 is 2.00 bits per heavy atom. The summed E-state index contributed by atoms with van der Waals surface area (Å²) in [6, 6.07) is 13.9. The van der Waals surface area contributed by atoms with Gasteiger partial charge in [0, 0.05) is 6.20 Å². The van der Waals surface area contributed by atoms with Gasteiger partial charge in [0.2, 0.25) is 5.62 Å². The molecule has 2 atom stereocenters. The normalized spacial score (nSPS) is 13.5. The van der Waals surface area contributed by atoms with E-state index in [2.05, 4.69) is 29.2 Å². The summed E-state index contributed by atoms with van der Waals surface area (Å²) < 4.78 is 3.58. The Morgan fingerprint density at radius 1 is 1.28 bits per heavy atom. The van der Waals surface area contributed by atoms with Gasteiger partial charge in [-0.3, -0.25) is 9.98 Å². The van der Waals surface area contributed by atoms with Crippen LogP contribution in [0.25, 0.3) is 11.2 Å². The van der Waals surface area contributed by atoms with E-state index in [0.717, 1.165) is 11.1 Å². The fourth-order valence-electron chi connectivity index (χ4n) is 3.07. The van der Waals surface area contributed by atoms with E-state index in [-0.39, 0.29) is 24.6 Å². The monoisotopic (exact) mass is 335 g/mol. The number of hydrogen-bond acceptors (Lipinski definition) is 4. The average Bonchev–Trinajstić information content (AvgIpc) is 2.87. The van der Waals surface area contributed by atoms with Gasteiger partial charge in [0.15, 0.2) is 5.65 Å². The van der Waals surface area contributed by atoms with Gasteiger partial charge in [-0.1, -0.05) is 29.8 Å². The smallest absolute Gasteiger partial charge is 0.204 e. The number of imidazole rings is 1. The lowest BCUT2D eigenvalue weighted by atomic mass is 10.1. The molecule has 0 amide bonds. The molecule has 2 aromatic heterocycles. The summed E-state index contributed by atoms with van der Waals surface area (Å²) in [6.45, 7) is 4.27. The van der Waals surface area contributed by atoms with Crippen LogP contribution in [0.1, 0.15) is 30.5 Å². The third kappa shape index (κ3) is 3.19. The largest absolute Gasteiger partial charge is 0.390 e. The fraction of sp³-hybridized carbons (Fsp3) is 0.316. The van der Waals surface area contributed by atoms with Crippen molar-refractivity contribution in [2.24, 2.45) is 0 Å². The van der Waals surface area contributed by atoms with E-state index in [0.29, 0.717) is 5.65 Å². The topological polar surface area (TPSA) is 90.6 Å². The highest BCUT2D eigenvalue weighted by atomic mass is 16.3. The first-order valence-electron chi connectivity index (χ1n) is 8.25. The number of aryl methyl sites for hydroxylation is 1. The molecule has 3 aromatic rings. The van der Waals surface area contributed by atoms with Crippen molar-refractivity contribution in [2.45, 2.75) is 39.0 Å². The van der Waals surface area contributed by atoms with Crippen LogP contribution >= 0.6 is 0 Å². The average molecular weight is 335 g/mol. The Balaban J connectivity index is 2.12. The quantitative estimate of drug-likeness (QED) is 0.750. The number of nitriles is 1. The minimum atomic E-state index is -0.824. The van der Waals surface area contributed by atoms with Crippen molar-refractivity contribution in [3.05, 3.63) is 59.3 Å². The highest BCUT2D eigenvalue weighted by molar-refractivity contribution is 5.71. The molecule has 3 rings (SSSR count). The van der Waals surface area contributed by atoms with Crippen molar-refractivity contribution in [1.82, 2.24) is 14.1 Å². The predicted octanol–water partition coefficient (Wildman–Crippen LogP) is 2.51. The molecule has 2 N–H and O–H groups in total. The molecule has 6 nitrogen and oxygen atoms in total. The molecule has 0 aliphatic heterocycles. The van der Waals surface area contributed by atoms with Crippen LogP contribution < -0.4 is 5.62 Å². The second-order valence-corrected chi connectivity index (χ2v) is 6.25. The Morgan fingerprint density at radius 3 is 2.68 bits per heavy atom. The molecule has 0 bridgehead atoms. The number of hydrogen-bond donors (Lipinski definition) is 2. The third-order valence-electron chi connectivity index (χ3n) is 4.43. The Bertz CT molecular complexity index is 978. The number of nitrogens with one attached hydrogen (secondary N) is 1. The summed E-state index contributed by atoms with van der Waals surface area (Å²) in [5.74, 6) is 0. The highest BCUT2D eigenvalue weighted by Gasteiger charge is 2.19. The molecule has 0 spiro atoms. The number of aliphatic hydroxyl groups excluding tert-OH is 1. The molecule has 0 fully saturated rings. The lowest BCUT2D eigenvalue weighted by molar-refractivity contribution is 0.157. The third-order valence-corrected chi connectivity index (χ3v) is 4.43. The number of aliphatic hydroxyl groups is 1. The van der Waals surface area contributed by atoms with E-state index in [9.17, 15) is 5.11 Å². The van der Waals surface area contributed by atoms with Crippen LogP contribution in [0.3, 0.4) is 0 Å². The summed E-state index contributed by atoms with van der Waals surface area (Å²) in [5, 5.41) is 27.4. The van der Waals surface area contributed by atoms with Crippen LogP contribution in [-0.4, -0.2) is 25.3 Å². The maximum atomic E-state index is 10.0. The summed E-state index contributed by atoms with van der Waals surface area (Å²) in [5.41, 5.74) is 4.03. The first kappa shape index (κ1) is 16.9.